The van der Waals surface area contributed by atoms with Gasteiger partial charge >= 0.3 is 6.18 Å². The lowest BCUT2D eigenvalue weighted by molar-refractivity contribution is -0.137. The van der Waals surface area contributed by atoms with Crippen molar-refractivity contribution >= 4 is 5.69 Å². The van der Waals surface area contributed by atoms with E-state index in [0.29, 0.717) is 24.2 Å². The van der Waals surface area contributed by atoms with Gasteiger partial charge in [0.2, 0.25) is 0 Å². The predicted molar refractivity (Wildman–Crippen MR) is 101 cm³/mol. The van der Waals surface area contributed by atoms with Gasteiger partial charge in [0.15, 0.2) is 0 Å². The highest BCUT2D eigenvalue weighted by Gasteiger charge is 2.53. The molecule has 2 aromatic rings. The van der Waals surface area contributed by atoms with Gasteiger partial charge in [-0.1, -0.05) is 19.1 Å². The molecule has 2 aliphatic rings. The van der Waals surface area contributed by atoms with Crippen molar-refractivity contribution in [2.75, 3.05) is 31.1 Å². The van der Waals surface area contributed by atoms with Gasteiger partial charge in [-0.2, -0.15) is 13.2 Å². The number of aliphatic hydroxyl groups is 1. The topological polar surface area (TPSA) is 48.4 Å². The number of rotatable bonds is 4. The molecule has 1 aromatic heterocycles. The second-order valence-corrected chi connectivity index (χ2v) is 8.08. The zero-order chi connectivity index (χ0) is 20.0. The first kappa shape index (κ1) is 19.2. The summed E-state index contributed by atoms with van der Waals surface area (Å²) in [6.07, 6.45) is 1.24. The standard InChI is InChI=1S/C21H24F3N3O/c1-19(13-26-14-19)20(28,15-4-6-16(7-5-15)21(22,23)24)17-10-18(12-25-11-17)27-8-2-3-9-27/h4-7,10-12,26,28H,2-3,8-9,13-14H2,1H3. The Bertz CT molecular complexity index is 843. The molecule has 3 heterocycles. The molecule has 1 unspecified atom stereocenters. The molecule has 0 saturated carbocycles. The van der Waals surface area contributed by atoms with Crippen LogP contribution in [0.1, 0.15) is 36.5 Å². The molecule has 28 heavy (non-hydrogen) atoms. The largest absolute Gasteiger partial charge is 0.416 e. The van der Waals surface area contributed by atoms with E-state index in [0.717, 1.165) is 43.8 Å². The SMILES string of the molecule is CC1(C(O)(c2ccc(C(F)(F)F)cc2)c2cncc(N3CCCC3)c2)CNC1. The van der Waals surface area contributed by atoms with Gasteiger partial charge in [0.25, 0.3) is 0 Å². The van der Waals surface area contributed by atoms with Gasteiger partial charge < -0.3 is 15.3 Å². The Kier molecular flexibility index (Phi) is 4.62. The second-order valence-electron chi connectivity index (χ2n) is 8.08. The molecule has 0 radical (unpaired) electrons. The third kappa shape index (κ3) is 3.06. The molecule has 150 valence electrons. The van der Waals surface area contributed by atoms with Gasteiger partial charge in [-0.25, -0.2) is 0 Å². The number of anilines is 1. The summed E-state index contributed by atoms with van der Waals surface area (Å²) in [5, 5.41) is 15.1. The Morgan fingerprint density at radius 1 is 1.00 bits per heavy atom. The van der Waals surface area contributed by atoms with E-state index in [2.05, 4.69) is 15.2 Å². The third-order valence-electron chi connectivity index (χ3n) is 6.15. The summed E-state index contributed by atoms with van der Waals surface area (Å²) in [7, 11) is 0. The molecule has 2 N–H and O–H groups in total. The van der Waals surface area contributed by atoms with E-state index < -0.39 is 22.8 Å². The van der Waals surface area contributed by atoms with Crippen molar-refractivity contribution in [2.24, 2.45) is 5.41 Å². The molecule has 1 atom stereocenters. The van der Waals surface area contributed by atoms with E-state index in [9.17, 15) is 18.3 Å². The van der Waals surface area contributed by atoms with Crippen LogP contribution < -0.4 is 10.2 Å². The van der Waals surface area contributed by atoms with E-state index in [1.807, 2.05) is 13.0 Å². The minimum absolute atomic E-state index is 0.449. The highest BCUT2D eigenvalue weighted by molar-refractivity contribution is 5.51. The average Bonchev–Trinajstić information content (AvgIpc) is 3.20. The molecule has 1 aromatic carbocycles. The lowest BCUT2D eigenvalue weighted by atomic mass is 9.63. The number of hydrogen-bond donors (Lipinski definition) is 2. The fourth-order valence-corrected chi connectivity index (χ4v) is 4.29. The molecule has 2 fully saturated rings. The van der Waals surface area contributed by atoms with Crippen LogP contribution in [0.25, 0.3) is 0 Å². The zero-order valence-electron chi connectivity index (χ0n) is 15.8. The van der Waals surface area contributed by atoms with Crippen LogP contribution in [0, 0.1) is 5.41 Å². The van der Waals surface area contributed by atoms with Crippen LogP contribution in [-0.2, 0) is 11.8 Å². The van der Waals surface area contributed by atoms with Gasteiger partial charge in [-0.3, -0.25) is 4.98 Å². The van der Waals surface area contributed by atoms with Crippen molar-refractivity contribution in [3.05, 3.63) is 59.4 Å². The minimum Gasteiger partial charge on any atom is -0.380 e. The van der Waals surface area contributed by atoms with E-state index in [1.165, 1.54) is 12.1 Å². The maximum atomic E-state index is 13.0. The molecule has 0 bridgehead atoms. The summed E-state index contributed by atoms with van der Waals surface area (Å²) < 4.78 is 39.0. The van der Waals surface area contributed by atoms with Gasteiger partial charge in [0.1, 0.15) is 5.60 Å². The van der Waals surface area contributed by atoms with Crippen LogP contribution in [0.15, 0.2) is 42.7 Å². The lowest BCUT2D eigenvalue weighted by Crippen LogP contribution is -2.63. The smallest absolute Gasteiger partial charge is 0.380 e. The molecule has 4 rings (SSSR count). The maximum Gasteiger partial charge on any atom is 0.416 e. The third-order valence-corrected chi connectivity index (χ3v) is 6.15. The van der Waals surface area contributed by atoms with Gasteiger partial charge in [0.05, 0.1) is 17.4 Å². The molecule has 4 nitrogen and oxygen atoms in total. The van der Waals surface area contributed by atoms with Gasteiger partial charge in [-0.15, -0.1) is 0 Å². The summed E-state index contributed by atoms with van der Waals surface area (Å²) in [5.74, 6) is 0. The molecule has 0 aliphatic carbocycles. The Morgan fingerprint density at radius 3 is 2.14 bits per heavy atom. The quantitative estimate of drug-likeness (QED) is 0.837. The number of benzene rings is 1. The molecule has 7 heteroatoms. The van der Waals surface area contributed by atoms with Crippen molar-refractivity contribution in [3.63, 3.8) is 0 Å². The van der Waals surface area contributed by atoms with E-state index in [4.69, 9.17) is 0 Å². The van der Waals surface area contributed by atoms with Crippen molar-refractivity contribution in [2.45, 2.75) is 31.5 Å². The zero-order valence-corrected chi connectivity index (χ0v) is 15.8. The number of hydrogen-bond acceptors (Lipinski definition) is 4. The fraction of sp³-hybridized carbons (Fsp3) is 0.476. The van der Waals surface area contributed by atoms with Crippen LogP contribution in [-0.4, -0.2) is 36.3 Å². The van der Waals surface area contributed by atoms with Crippen LogP contribution in [0.3, 0.4) is 0 Å². The van der Waals surface area contributed by atoms with Crippen LogP contribution >= 0.6 is 0 Å². The molecule has 2 saturated heterocycles. The van der Waals surface area contributed by atoms with Crippen LogP contribution in [0.5, 0.6) is 0 Å². The van der Waals surface area contributed by atoms with Crippen molar-refractivity contribution in [3.8, 4) is 0 Å². The first-order valence-corrected chi connectivity index (χ1v) is 9.55. The summed E-state index contributed by atoms with van der Waals surface area (Å²) in [5.41, 5.74) is -0.704. The Labute approximate surface area is 162 Å². The number of alkyl halides is 3. The van der Waals surface area contributed by atoms with E-state index in [1.54, 1.807) is 12.4 Å². The molecule has 2 aliphatic heterocycles. The molecule has 0 spiro atoms. The van der Waals surface area contributed by atoms with E-state index >= 15 is 0 Å². The number of nitrogens with zero attached hydrogens (tertiary/aromatic N) is 2. The predicted octanol–water partition coefficient (Wildman–Crippen LogP) is 3.55. The Morgan fingerprint density at radius 2 is 1.61 bits per heavy atom. The second kappa shape index (κ2) is 6.74. The molecular formula is C21H24F3N3O. The first-order valence-electron chi connectivity index (χ1n) is 9.55. The summed E-state index contributed by atoms with van der Waals surface area (Å²) in [6.45, 7) is 4.98. The summed E-state index contributed by atoms with van der Waals surface area (Å²) in [6, 6.07) is 6.77. The van der Waals surface area contributed by atoms with Crippen LogP contribution in [0.2, 0.25) is 0 Å². The maximum absolute atomic E-state index is 13.0. The molecule has 0 amide bonds. The lowest BCUT2D eigenvalue weighted by Gasteiger charge is -2.52. The molecular weight excluding hydrogens is 367 g/mol. The Hall–Kier alpha value is -2.12. The van der Waals surface area contributed by atoms with Crippen molar-refractivity contribution in [1.82, 2.24) is 10.3 Å². The summed E-state index contributed by atoms with van der Waals surface area (Å²) >= 11 is 0. The first-order chi connectivity index (χ1) is 13.2. The Balaban J connectivity index is 1.78. The summed E-state index contributed by atoms with van der Waals surface area (Å²) in [4.78, 5) is 6.57. The average molecular weight is 391 g/mol. The highest BCUT2D eigenvalue weighted by Crippen LogP contribution is 2.48. The monoisotopic (exact) mass is 391 g/mol. The van der Waals surface area contributed by atoms with Gasteiger partial charge in [0, 0.05) is 43.4 Å². The highest BCUT2D eigenvalue weighted by atomic mass is 19.4. The van der Waals surface area contributed by atoms with Crippen LogP contribution in [0.4, 0.5) is 18.9 Å². The number of nitrogens with one attached hydrogen (secondary N) is 1. The van der Waals surface area contributed by atoms with E-state index in [-0.39, 0.29) is 0 Å². The van der Waals surface area contributed by atoms with Crippen molar-refractivity contribution < 1.29 is 18.3 Å². The number of aromatic nitrogens is 1. The minimum atomic E-state index is -4.41. The van der Waals surface area contributed by atoms with Gasteiger partial charge in [-0.05, 0) is 36.6 Å². The number of halogens is 3. The normalized spacial score (nSPS) is 21.2. The number of pyridine rings is 1. The fourth-order valence-electron chi connectivity index (χ4n) is 4.29. The van der Waals surface area contributed by atoms with Crippen molar-refractivity contribution in [1.29, 1.82) is 0 Å².